The van der Waals surface area contributed by atoms with Crippen LogP contribution in [0, 0.1) is 5.82 Å². The van der Waals surface area contributed by atoms with E-state index in [1.807, 2.05) is 6.07 Å². The number of carbonyl (C=O) groups is 1. The van der Waals surface area contributed by atoms with Gasteiger partial charge in [0.05, 0.1) is 9.23 Å². The first-order chi connectivity index (χ1) is 12.4. The molecule has 5 nitrogen and oxygen atoms in total. The van der Waals surface area contributed by atoms with Crippen LogP contribution >= 0.6 is 22.9 Å². The van der Waals surface area contributed by atoms with Crippen molar-refractivity contribution >= 4 is 44.9 Å². The lowest BCUT2D eigenvalue weighted by Crippen LogP contribution is -2.50. The minimum absolute atomic E-state index is 0.0492. The molecule has 2 heterocycles. The molecule has 1 fully saturated rings. The Bertz CT molecular complexity index is 918. The molecular formula is C17H16ClFN2O3S2. The lowest BCUT2D eigenvalue weighted by atomic mass is 10.3. The zero-order valence-electron chi connectivity index (χ0n) is 13.6. The maximum absolute atomic E-state index is 13.0. The van der Waals surface area contributed by atoms with E-state index in [0.29, 0.717) is 17.4 Å². The van der Waals surface area contributed by atoms with Crippen LogP contribution in [0.25, 0.3) is 6.08 Å². The van der Waals surface area contributed by atoms with Crippen molar-refractivity contribution in [3.63, 3.8) is 0 Å². The number of piperazine rings is 1. The molecule has 1 aromatic carbocycles. The summed E-state index contributed by atoms with van der Waals surface area (Å²) in [4.78, 5) is 14.8. The van der Waals surface area contributed by atoms with Crippen LogP contribution in [-0.4, -0.2) is 49.7 Å². The van der Waals surface area contributed by atoms with E-state index in [-0.39, 0.29) is 23.9 Å². The smallest absolute Gasteiger partial charge is 0.246 e. The van der Waals surface area contributed by atoms with Gasteiger partial charge in [-0.05, 0) is 42.5 Å². The van der Waals surface area contributed by atoms with Crippen LogP contribution in [0.2, 0.25) is 4.34 Å². The van der Waals surface area contributed by atoms with Gasteiger partial charge in [-0.25, -0.2) is 12.8 Å². The zero-order valence-corrected chi connectivity index (χ0v) is 16.0. The van der Waals surface area contributed by atoms with Crippen molar-refractivity contribution in [1.29, 1.82) is 0 Å². The van der Waals surface area contributed by atoms with Gasteiger partial charge in [-0.3, -0.25) is 4.79 Å². The minimum Gasteiger partial charge on any atom is -0.337 e. The number of rotatable bonds is 4. The van der Waals surface area contributed by atoms with Gasteiger partial charge in [0, 0.05) is 37.1 Å². The topological polar surface area (TPSA) is 57.7 Å². The SMILES string of the molecule is O=C(/C=C/c1ccc(Cl)s1)N1CCN(S(=O)(=O)c2ccc(F)cc2)CC1. The van der Waals surface area contributed by atoms with Gasteiger partial charge in [0.1, 0.15) is 5.82 Å². The number of halogens is 2. The van der Waals surface area contributed by atoms with Crippen molar-refractivity contribution < 1.29 is 17.6 Å². The number of hydrogen-bond donors (Lipinski definition) is 0. The monoisotopic (exact) mass is 414 g/mol. The molecule has 9 heteroatoms. The van der Waals surface area contributed by atoms with Gasteiger partial charge in [-0.2, -0.15) is 4.31 Å². The molecule has 0 N–H and O–H groups in total. The Balaban J connectivity index is 1.60. The highest BCUT2D eigenvalue weighted by Crippen LogP contribution is 2.23. The Kier molecular flexibility index (Phi) is 5.76. The molecule has 0 spiro atoms. The second-order valence-electron chi connectivity index (χ2n) is 5.66. The Morgan fingerprint density at radius 1 is 1.08 bits per heavy atom. The van der Waals surface area contributed by atoms with Crippen LogP contribution in [-0.2, 0) is 14.8 Å². The van der Waals surface area contributed by atoms with Crippen molar-refractivity contribution in [2.24, 2.45) is 0 Å². The molecule has 0 radical (unpaired) electrons. The minimum atomic E-state index is -3.68. The quantitative estimate of drug-likeness (QED) is 0.722. The van der Waals surface area contributed by atoms with Crippen LogP contribution in [0.15, 0.2) is 47.4 Å². The highest BCUT2D eigenvalue weighted by atomic mass is 35.5. The fraction of sp³-hybridized carbons (Fsp3) is 0.235. The molecule has 1 amide bonds. The lowest BCUT2D eigenvalue weighted by Gasteiger charge is -2.33. The summed E-state index contributed by atoms with van der Waals surface area (Å²) in [6.45, 7) is 0.998. The molecule has 0 saturated carbocycles. The maximum Gasteiger partial charge on any atom is 0.246 e. The number of sulfonamides is 1. The fourth-order valence-corrected chi connectivity index (χ4v) is 4.97. The van der Waals surface area contributed by atoms with Crippen LogP contribution in [0.5, 0.6) is 0 Å². The number of hydrogen-bond acceptors (Lipinski definition) is 4. The van der Waals surface area contributed by atoms with Crippen LogP contribution in [0.1, 0.15) is 4.88 Å². The molecule has 1 aliphatic rings. The molecule has 3 rings (SSSR count). The van der Waals surface area contributed by atoms with Gasteiger partial charge in [-0.15, -0.1) is 11.3 Å². The summed E-state index contributed by atoms with van der Waals surface area (Å²) in [5.41, 5.74) is 0. The zero-order chi connectivity index (χ0) is 18.7. The van der Waals surface area contributed by atoms with E-state index in [1.54, 1.807) is 17.0 Å². The number of nitrogens with zero attached hydrogens (tertiary/aromatic N) is 2. The lowest BCUT2D eigenvalue weighted by molar-refractivity contribution is -0.127. The molecular weight excluding hydrogens is 399 g/mol. The Hall–Kier alpha value is -1.74. The van der Waals surface area contributed by atoms with Crippen LogP contribution < -0.4 is 0 Å². The van der Waals surface area contributed by atoms with Crippen molar-refractivity contribution in [3.8, 4) is 0 Å². The summed E-state index contributed by atoms with van der Waals surface area (Å²) < 4.78 is 40.1. The van der Waals surface area contributed by atoms with E-state index in [4.69, 9.17) is 11.6 Å². The summed E-state index contributed by atoms with van der Waals surface area (Å²) in [5.74, 6) is -0.661. The summed E-state index contributed by atoms with van der Waals surface area (Å²) in [6.07, 6.45) is 3.16. The molecule has 1 aromatic heterocycles. The third-order valence-corrected chi connectivity index (χ3v) is 7.10. The molecule has 2 aromatic rings. The summed E-state index contributed by atoms with van der Waals surface area (Å²) >= 11 is 7.22. The van der Waals surface area contributed by atoms with Gasteiger partial charge in [0.25, 0.3) is 0 Å². The predicted octanol–water partition coefficient (Wildman–Crippen LogP) is 3.09. The standard InChI is InChI=1S/C17H16ClFN2O3S2/c18-16-7-3-14(25-16)4-8-17(22)20-9-11-21(12-10-20)26(23,24)15-5-1-13(19)2-6-15/h1-8H,9-12H2/b8-4+. The van der Waals surface area contributed by atoms with E-state index in [0.717, 1.165) is 17.0 Å². The third kappa shape index (κ3) is 4.32. The van der Waals surface area contributed by atoms with Gasteiger partial charge in [-0.1, -0.05) is 11.6 Å². The van der Waals surface area contributed by atoms with E-state index in [9.17, 15) is 17.6 Å². The van der Waals surface area contributed by atoms with Gasteiger partial charge >= 0.3 is 0 Å². The molecule has 138 valence electrons. The normalized spacial score (nSPS) is 16.3. The first-order valence-corrected chi connectivity index (χ1v) is 10.5. The highest BCUT2D eigenvalue weighted by molar-refractivity contribution is 7.89. The predicted molar refractivity (Wildman–Crippen MR) is 100 cm³/mol. The second kappa shape index (κ2) is 7.87. The first kappa shape index (κ1) is 19.0. The number of carbonyl (C=O) groups excluding carboxylic acids is 1. The van der Waals surface area contributed by atoms with Crippen molar-refractivity contribution in [2.75, 3.05) is 26.2 Å². The fourth-order valence-electron chi connectivity index (χ4n) is 2.58. The van der Waals surface area contributed by atoms with Crippen molar-refractivity contribution in [1.82, 2.24) is 9.21 Å². The summed E-state index contributed by atoms with van der Waals surface area (Å²) in [5, 5.41) is 0. The van der Waals surface area contributed by atoms with E-state index >= 15 is 0 Å². The van der Waals surface area contributed by atoms with Crippen LogP contribution in [0.4, 0.5) is 4.39 Å². The summed E-state index contributed by atoms with van der Waals surface area (Å²) in [7, 11) is -3.68. The average Bonchev–Trinajstić information content (AvgIpc) is 3.05. The van der Waals surface area contributed by atoms with E-state index < -0.39 is 15.8 Å². The van der Waals surface area contributed by atoms with E-state index in [2.05, 4.69) is 0 Å². The third-order valence-electron chi connectivity index (χ3n) is 3.99. The number of benzene rings is 1. The number of amides is 1. The first-order valence-electron chi connectivity index (χ1n) is 7.84. The molecule has 1 saturated heterocycles. The largest absolute Gasteiger partial charge is 0.337 e. The second-order valence-corrected chi connectivity index (χ2v) is 9.34. The van der Waals surface area contributed by atoms with E-state index in [1.165, 1.54) is 33.9 Å². The molecule has 26 heavy (non-hydrogen) atoms. The molecule has 0 unspecified atom stereocenters. The Morgan fingerprint density at radius 3 is 2.31 bits per heavy atom. The van der Waals surface area contributed by atoms with Crippen molar-refractivity contribution in [2.45, 2.75) is 4.90 Å². The van der Waals surface area contributed by atoms with Crippen LogP contribution in [0.3, 0.4) is 0 Å². The van der Waals surface area contributed by atoms with Gasteiger partial charge in [0.15, 0.2) is 0 Å². The number of thiophene rings is 1. The van der Waals surface area contributed by atoms with Gasteiger partial charge in [0.2, 0.25) is 15.9 Å². The Morgan fingerprint density at radius 2 is 1.73 bits per heavy atom. The molecule has 1 aliphatic heterocycles. The average molecular weight is 415 g/mol. The van der Waals surface area contributed by atoms with Gasteiger partial charge < -0.3 is 4.90 Å². The van der Waals surface area contributed by atoms with Crippen molar-refractivity contribution in [3.05, 3.63) is 57.5 Å². The molecule has 0 bridgehead atoms. The Labute approximate surface area is 160 Å². The summed E-state index contributed by atoms with van der Waals surface area (Å²) in [6, 6.07) is 8.32. The highest BCUT2D eigenvalue weighted by Gasteiger charge is 2.29. The maximum atomic E-state index is 13.0. The molecule has 0 atom stereocenters. The molecule has 0 aliphatic carbocycles.